The van der Waals surface area contributed by atoms with Gasteiger partial charge in [0.15, 0.2) is 0 Å². The number of benzene rings is 1. The highest BCUT2D eigenvalue weighted by Crippen LogP contribution is 2.24. The van der Waals surface area contributed by atoms with Crippen LogP contribution in [0.5, 0.6) is 0 Å². The maximum atomic E-state index is 13.6. The van der Waals surface area contributed by atoms with E-state index in [1.165, 1.54) is 0 Å². The van der Waals surface area contributed by atoms with E-state index < -0.39 is 17.6 Å². The van der Waals surface area contributed by atoms with Gasteiger partial charge in [-0.2, -0.15) is 0 Å². The zero-order valence-electron chi connectivity index (χ0n) is 8.80. The highest BCUT2D eigenvalue weighted by Gasteiger charge is 2.10. The molecule has 0 heterocycles. The van der Waals surface area contributed by atoms with Gasteiger partial charge in [0.05, 0.1) is 0 Å². The number of hydrogen-bond donors (Lipinski definition) is 1. The molecule has 0 saturated carbocycles. The first kappa shape index (κ1) is 13.0. The van der Waals surface area contributed by atoms with Crippen LogP contribution in [0.3, 0.4) is 0 Å². The van der Waals surface area contributed by atoms with Gasteiger partial charge >= 0.3 is 5.97 Å². The third-order valence-corrected chi connectivity index (χ3v) is 2.87. The van der Waals surface area contributed by atoms with E-state index >= 15 is 0 Å². The third kappa shape index (κ3) is 3.48. The molecule has 0 aromatic heterocycles. The molecule has 5 heteroatoms. The van der Waals surface area contributed by atoms with Crippen LogP contribution in [0.25, 0.3) is 0 Å². The number of rotatable bonds is 5. The highest BCUT2D eigenvalue weighted by atomic mass is 32.2. The molecule has 0 atom stereocenters. The van der Waals surface area contributed by atoms with Gasteiger partial charge in [0.25, 0.3) is 0 Å². The molecule has 0 aliphatic rings. The maximum absolute atomic E-state index is 13.6. The average molecular weight is 246 g/mol. The summed E-state index contributed by atoms with van der Waals surface area (Å²) in [5.41, 5.74) is 0.241. The minimum atomic E-state index is -0.929. The van der Waals surface area contributed by atoms with Crippen molar-refractivity contribution in [3.05, 3.63) is 29.3 Å². The van der Waals surface area contributed by atoms with Gasteiger partial charge in [0, 0.05) is 11.3 Å². The van der Waals surface area contributed by atoms with E-state index in [0.717, 1.165) is 23.9 Å². The van der Waals surface area contributed by atoms with Crippen LogP contribution in [0.15, 0.2) is 17.0 Å². The minimum absolute atomic E-state index is 0.0371. The van der Waals surface area contributed by atoms with Crippen LogP contribution >= 0.6 is 11.8 Å². The average Bonchev–Trinajstić information content (AvgIpc) is 2.22. The summed E-state index contributed by atoms with van der Waals surface area (Å²) in [4.78, 5) is 10.5. The summed E-state index contributed by atoms with van der Waals surface area (Å²) >= 11 is 1.13. The Balaban J connectivity index is 2.78. The largest absolute Gasteiger partial charge is 0.481 e. The number of halogens is 2. The smallest absolute Gasteiger partial charge is 0.303 e. The summed E-state index contributed by atoms with van der Waals surface area (Å²) in [7, 11) is 0. The summed E-state index contributed by atoms with van der Waals surface area (Å²) in [5.74, 6) is -1.86. The highest BCUT2D eigenvalue weighted by molar-refractivity contribution is 7.98. The number of aliphatic carboxylic acids is 1. The molecule has 0 bridgehead atoms. The van der Waals surface area contributed by atoms with Gasteiger partial charge < -0.3 is 5.11 Å². The molecule has 0 aliphatic carbocycles. The van der Waals surface area contributed by atoms with Crippen LogP contribution in [0.2, 0.25) is 0 Å². The van der Waals surface area contributed by atoms with Gasteiger partial charge in [-0.3, -0.25) is 4.79 Å². The Labute approximate surface area is 96.7 Å². The number of carbonyl (C=O) groups is 1. The second kappa shape index (κ2) is 5.84. The second-order valence-electron chi connectivity index (χ2n) is 3.33. The molecule has 1 aromatic carbocycles. The molecule has 0 amide bonds. The number of thioether (sulfide) groups is 1. The number of carboxylic acid groups (broad SMARTS) is 1. The van der Waals surface area contributed by atoms with Gasteiger partial charge in [-0.25, -0.2) is 8.78 Å². The molecule has 1 rings (SSSR count). The Hall–Kier alpha value is -1.10. The fourth-order valence-electron chi connectivity index (χ4n) is 1.38. The van der Waals surface area contributed by atoms with E-state index in [-0.39, 0.29) is 23.3 Å². The predicted molar refractivity (Wildman–Crippen MR) is 58.7 cm³/mol. The SMILES string of the molecule is CSc1cc(F)cc(CCCC(=O)O)c1F. The fraction of sp³-hybridized carbons (Fsp3) is 0.364. The first-order chi connectivity index (χ1) is 7.54. The molecule has 0 aliphatic heterocycles. The normalized spacial score (nSPS) is 10.4. The summed E-state index contributed by atoms with van der Waals surface area (Å²) in [6.45, 7) is 0. The Morgan fingerprint density at radius 1 is 1.44 bits per heavy atom. The summed E-state index contributed by atoms with van der Waals surface area (Å²) in [6.07, 6.45) is 2.18. The lowest BCUT2D eigenvalue weighted by Gasteiger charge is -2.06. The molecule has 0 unspecified atom stereocenters. The van der Waals surface area contributed by atoms with Crippen LogP contribution in [-0.4, -0.2) is 17.3 Å². The van der Waals surface area contributed by atoms with E-state index in [0.29, 0.717) is 6.42 Å². The van der Waals surface area contributed by atoms with E-state index in [1.54, 1.807) is 6.26 Å². The number of aryl methyl sites for hydroxylation is 1. The predicted octanol–water partition coefficient (Wildman–Crippen LogP) is 3.09. The molecule has 16 heavy (non-hydrogen) atoms. The van der Waals surface area contributed by atoms with Crippen molar-refractivity contribution in [2.24, 2.45) is 0 Å². The van der Waals surface area contributed by atoms with Crippen molar-refractivity contribution >= 4 is 17.7 Å². The second-order valence-corrected chi connectivity index (χ2v) is 4.18. The Morgan fingerprint density at radius 3 is 2.69 bits per heavy atom. The molecule has 0 radical (unpaired) electrons. The van der Waals surface area contributed by atoms with Gasteiger partial charge in [0.1, 0.15) is 11.6 Å². The lowest BCUT2D eigenvalue weighted by atomic mass is 10.1. The summed E-state index contributed by atoms with van der Waals surface area (Å²) in [6, 6.07) is 2.26. The van der Waals surface area contributed by atoms with E-state index in [9.17, 15) is 13.6 Å². The Kier molecular flexibility index (Phi) is 4.73. The summed E-state index contributed by atoms with van der Waals surface area (Å²) < 4.78 is 26.7. The van der Waals surface area contributed by atoms with Crippen LogP contribution in [0.1, 0.15) is 18.4 Å². The lowest BCUT2D eigenvalue weighted by Crippen LogP contribution is -1.99. The van der Waals surface area contributed by atoms with Crippen LogP contribution in [0.4, 0.5) is 8.78 Å². The topological polar surface area (TPSA) is 37.3 Å². The van der Waals surface area contributed by atoms with Crippen LogP contribution in [-0.2, 0) is 11.2 Å². The molecule has 0 spiro atoms. The number of hydrogen-bond acceptors (Lipinski definition) is 2. The Morgan fingerprint density at radius 2 is 2.12 bits per heavy atom. The van der Waals surface area contributed by atoms with Crippen LogP contribution < -0.4 is 0 Å². The van der Waals surface area contributed by atoms with E-state index in [2.05, 4.69) is 0 Å². The molecule has 88 valence electrons. The van der Waals surface area contributed by atoms with E-state index in [4.69, 9.17) is 5.11 Å². The van der Waals surface area contributed by atoms with Crippen molar-refractivity contribution in [3.8, 4) is 0 Å². The fourth-order valence-corrected chi connectivity index (χ4v) is 1.92. The first-order valence-corrected chi connectivity index (χ1v) is 6.00. The molecular weight excluding hydrogens is 234 g/mol. The standard InChI is InChI=1S/C11H12F2O2S/c1-16-9-6-8(12)5-7(11(9)13)3-2-4-10(14)15/h5-6H,2-4H2,1H3,(H,14,15). The van der Waals surface area contributed by atoms with Gasteiger partial charge in [0.2, 0.25) is 0 Å². The van der Waals surface area contributed by atoms with Crippen molar-refractivity contribution in [3.63, 3.8) is 0 Å². The molecule has 2 nitrogen and oxygen atoms in total. The van der Waals surface area contributed by atoms with Crippen molar-refractivity contribution < 1.29 is 18.7 Å². The maximum Gasteiger partial charge on any atom is 0.303 e. The quantitative estimate of drug-likeness (QED) is 0.811. The van der Waals surface area contributed by atoms with Gasteiger partial charge in [-0.1, -0.05) is 0 Å². The minimum Gasteiger partial charge on any atom is -0.481 e. The zero-order valence-corrected chi connectivity index (χ0v) is 9.61. The molecule has 0 saturated heterocycles. The monoisotopic (exact) mass is 246 g/mol. The molecule has 1 N–H and O–H groups in total. The third-order valence-electron chi connectivity index (χ3n) is 2.14. The molecule has 0 fully saturated rings. The van der Waals surface area contributed by atoms with Crippen molar-refractivity contribution in [1.82, 2.24) is 0 Å². The van der Waals surface area contributed by atoms with Crippen molar-refractivity contribution in [2.45, 2.75) is 24.2 Å². The molecule has 1 aromatic rings. The van der Waals surface area contributed by atoms with E-state index in [1.807, 2.05) is 0 Å². The number of carboxylic acids is 1. The lowest BCUT2D eigenvalue weighted by molar-refractivity contribution is -0.137. The summed E-state index contributed by atoms with van der Waals surface area (Å²) in [5, 5.41) is 8.44. The molecular formula is C11H12F2O2S. The zero-order chi connectivity index (χ0) is 12.1. The van der Waals surface area contributed by atoms with Crippen molar-refractivity contribution in [2.75, 3.05) is 6.26 Å². The first-order valence-electron chi connectivity index (χ1n) is 4.78. The van der Waals surface area contributed by atoms with Crippen LogP contribution in [0, 0.1) is 11.6 Å². The van der Waals surface area contributed by atoms with Gasteiger partial charge in [-0.05, 0) is 36.8 Å². The van der Waals surface area contributed by atoms with Gasteiger partial charge in [-0.15, -0.1) is 11.8 Å². The Bertz CT molecular complexity index is 394. The van der Waals surface area contributed by atoms with Crippen molar-refractivity contribution in [1.29, 1.82) is 0 Å².